The van der Waals surface area contributed by atoms with Gasteiger partial charge in [0.1, 0.15) is 0 Å². The second-order valence-electron chi connectivity index (χ2n) is 5.32. The van der Waals surface area contributed by atoms with Gasteiger partial charge in [0, 0.05) is 20.0 Å². The third-order valence-corrected chi connectivity index (χ3v) is 3.55. The van der Waals surface area contributed by atoms with Crippen LogP contribution in [0.1, 0.15) is 25.3 Å². The molecule has 5 heteroatoms. The number of nitrogens with two attached hydrogens (primary N) is 1. The molecule has 0 aliphatic rings. The SMILES string of the molecule is COc1ccc(CN(C)C(=O)CCC(C)CN)cc1OC. The van der Waals surface area contributed by atoms with Gasteiger partial charge in [-0.3, -0.25) is 4.79 Å². The number of rotatable bonds is 8. The van der Waals surface area contributed by atoms with Gasteiger partial charge in [0.15, 0.2) is 11.5 Å². The summed E-state index contributed by atoms with van der Waals surface area (Å²) in [4.78, 5) is 13.8. The van der Waals surface area contributed by atoms with E-state index in [1.54, 1.807) is 19.1 Å². The summed E-state index contributed by atoms with van der Waals surface area (Å²) in [6.45, 7) is 3.23. The minimum absolute atomic E-state index is 0.130. The van der Waals surface area contributed by atoms with Crippen molar-refractivity contribution in [1.29, 1.82) is 0 Å². The van der Waals surface area contributed by atoms with Crippen LogP contribution < -0.4 is 15.2 Å². The van der Waals surface area contributed by atoms with Crippen LogP contribution in [0.5, 0.6) is 11.5 Å². The zero-order chi connectivity index (χ0) is 15.8. The Labute approximate surface area is 127 Å². The molecule has 1 rings (SSSR count). The Morgan fingerprint density at radius 2 is 1.95 bits per heavy atom. The fourth-order valence-corrected chi connectivity index (χ4v) is 2.02. The van der Waals surface area contributed by atoms with Crippen molar-refractivity contribution in [2.45, 2.75) is 26.3 Å². The maximum absolute atomic E-state index is 12.1. The molecule has 1 unspecified atom stereocenters. The molecule has 0 aliphatic heterocycles. The smallest absolute Gasteiger partial charge is 0.222 e. The highest BCUT2D eigenvalue weighted by Gasteiger charge is 2.12. The molecule has 5 nitrogen and oxygen atoms in total. The molecule has 21 heavy (non-hydrogen) atoms. The molecule has 0 spiro atoms. The quantitative estimate of drug-likeness (QED) is 0.797. The molecule has 0 bridgehead atoms. The van der Waals surface area contributed by atoms with E-state index in [1.807, 2.05) is 25.2 Å². The Kier molecular flexibility index (Phi) is 7.02. The summed E-state index contributed by atoms with van der Waals surface area (Å²) in [5, 5.41) is 0. The summed E-state index contributed by atoms with van der Waals surface area (Å²) in [6, 6.07) is 5.68. The minimum atomic E-state index is 0.130. The van der Waals surface area contributed by atoms with Gasteiger partial charge < -0.3 is 20.1 Å². The molecule has 0 fully saturated rings. The minimum Gasteiger partial charge on any atom is -0.493 e. The van der Waals surface area contributed by atoms with Crippen molar-refractivity contribution >= 4 is 5.91 Å². The van der Waals surface area contributed by atoms with Gasteiger partial charge in [0.05, 0.1) is 14.2 Å². The van der Waals surface area contributed by atoms with Crippen molar-refractivity contribution in [3.8, 4) is 11.5 Å². The Balaban J connectivity index is 2.61. The molecular formula is C16H26N2O3. The number of benzene rings is 1. The molecule has 2 N–H and O–H groups in total. The monoisotopic (exact) mass is 294 g/mol. The van der Waals surface area contributed by atoms with Gasteiger partial charge in [-0.05, 0) is 36.6 Å². The molecule has 1 aromatic carbocycles. The van der Waals surface area contributed by atoms with E-state index >= 15 is 0 Å². The van der Waals surface area contributed by atoms with Gasteiger partial charge in [-0.1, -0.05) is 13.0 Å². The summed E-state index contributed by atoms with van der Waals surface area (Å²) in [5.74, 6) is 1.87. The van der Waals surface area contributed by atoms with Gasteiger partial charge in [0.25, 0.3) is 0 Å². The molecule has 0 aromatic heterocycles. The normalized spacial score (nSPS) is 11.9. The number of carbonyl (C=O) groups excluding carboxylic acids is 1. The van der Waals surface area contributed by atoms with Crippen molar-refractivity contribution in [1.82, 2.24) is 4.90 Å². The number of ether oxygens (including phenoxy) is 2. The third kappa shape index (κ3) is 5.27. The van der Waals surface area contributed by atoms with Crippen LogP contribution in [0.2, 0.25) is 0 Å². The standard InChI is InChI=1S/C16H26N2O3/c1-12(10-17)5-8-16(19)18(2)11-13-6-7-14(20-3)15(9-13)21-4/h6-7,9,12H,5,8,10-11,17H2,1-4H3. The van der Waals surface area contributed by atoms with E-state index < -0.39 is 0 Å². The van der Waals surface area contributed by atoms with Crippen LogP contribution in [0.4, 0.5) is 0 Å². The van der Waals surface area contributed by atoms with E-state index in [1.165, 1.54) is 0 Å². The highest BCUT2D eigenvalue weighted by atomic mass is 16.5. The molecule has 0 aliphatic carbocycles. The number of hydrogen-bond acceptors (Lipinski definition) is 4. The summed E-state index contributed by atoms with van der Waals surface area (Å²) in [7, 11) is 5.02. The predicted octanol–water partition coefficient (Wildman–Crippen LogP) is 2.04. The molecule has 0 radical (unpaired) electrons. The lowest BCUT2D eigenvalue weighted by atomic mass is 10.1. The van der Waals surface area contributed by atoms with E-state index in [-0.39, 0.29) is 5.91 Å². The van der Waals surface area contributed by atoms with Crippen LogP contribution >= 0.6 is 0 Å². The van der Waals surface area contributed by atoms with E-state index in [0.29, 0.717) is 36.9 Å². The molecule has 1 amide bonds. The average molecular weight is 294 g/mol. The zero-order valence-electron chi connectivity index (χ0n) is 13.4. The summed E-state index contributed by atoms with van der Waals surface area (Å²) in [6.07, 6.45) is 1.35. The van der Waals surface area contributed by atoms with E-state index in [4.69, 9.17) is 15.2 Å². The van der Waals surface area contributed by atoms with Gasteiger partial charge in [-0.25, -0.2) is 0 Å². The second kappa shape index (κ2) is 8.52. The number of nitrogens with zero attached hydrogens (tertiary/aromatic N) is 1. The first-order valence-corrected chi connectivity index (χ1v) is 7.16. The van der Waals surface area contributed by atoms with Gasteiger partial charge in [-0.2, -0.15) is 0 Å². The molecule has 118 valence electrons. The van der Waals surface area contributed by atoms with Gasteiger partial charge in [-0.15, -0.1) is 0 Å². The molecule has 1 aromatic rings. The fourth-order valence-electron chi connectivity index (χ4n) is 2.02. The van der Waals surface area contributed by atoms with Crippen LogP contribution in [0.3, 0.4) is 0 Å². The number of hydrogen-bond donors (Lipinski definition) is 1. The van der Waals surface area contributed by atoms with Crippen LogP contribution in [0.25, 0.3) is 0 Å². The van der Waals surface area contributed by atoms with Crippen molar-refractivity contribution in [3.05, 3.63) is 23.8 Å². The lowest BCUT2D eigenvalue weighted by Crippen LogP contribution is -2.27. The maximum atomic E-state index is 12.1. The zero-order valence-corrected chi connectivity index (χ0v) is 13.4. The highest BCUT2D eigenvalue weighted by molar-refractivity contribution is 5.75. The third-order valence-electron chi connectivity index (χ3n) is 3.55. The van der Waals surface area contributed by atoms with E-state index in [2.05, 4.69) is 6.92 Å². The number of amides is 1. The van der Waals surface area contributed by atoms with Gasteiger partial charge >= 0.3 is 0 Å². The van der Waals surface area contributed by atoms with Gasteiger partial charge in [0.2, 0.25) is 5.91 Å². The van der Waals surface area contributed by atoms with Crippen LogP contribution in [-0.2, 0) is 11.3 Å². The van der Waals surface area contributed by atoms with Crippen molar-refractivity contribution < 1.29 is 14.3 Å². The van der Waals surface area contributed by atoms with Crippen LogP contribution in [0, 0.1) is 5.92 Å². The fraction of sp³-hybridized carbons (Fsp3) is 0.562. The Hall–Kier alpha value is -1.75. The largest absolute Gasteiger partial charge is 0.493 e. The maximum Gasteiger partial charge on any atom is 0.222 e. The van der Waals surface area contributed by atoms with E-state index in [9.17, 15) is 4.79 Å². The highest BCUT2D eigenvalue weighted by Crippen LogP contribution is 2.28. The van der Waals surface area contributed by atoms with E-state index in [0.717, 1.165) is 12.0 Å². The lowest BCUT2D eigenvalue weighted by molar-refractivity contribution is -0.130. The second-order valence-corrected chi connectivity index (χ2v) is 5.32. The Morgan fingerprint density at radius 3 is 2.52 bits per heavy atom. The molecule has 1 atom stereocenters. The van der Waals surface area contributed by atoms with Crippen molar-refractivity contribution in [3.63, 3.8) is 0 Å². The molecule has 0 saturated carbocycles. The van der Waals surface area contributed by atoms with Crippen LogP contribution in [0.15, 0.2) is 18.2 Å². The molecular weight excluding hydrogens is 268 g/mol. The Morgan fingerprint density at radius 1 is 1.29 bits per heavy atom. The average Bonchev–Trinajstić information content (AvgIpc) is 2.51. The Bertz CT molecular complexity index is 463. The van der Waals surface area contributed by atoms with Crippen LogP contribution in [-0.4, -0.2) is 38.6 Å². The lowest BCUT2D eigenvalue weighted by Gasteiger charge is -2.19. The summed E-state index contributed by atoms with van der Waals surface area (Å²) in [5.41, 5.74) is 6.58. The predicted molar refractivity (Wildman–Crippen MR) is 83.5 cm³/mol. The first-order chi connectivity index (χ1) is 10.0. The number of methoxy groups -OCH3 is 2. The van der Waals surface area contributed by atoms with Crippen molar-refractivity contribution in [2.75, 3.05) is 27.8 Å². The van der Waals surface area contributed by atoms with Crippen molar-refractivity contribution in [2.24, 2.45) is 11.7 Å². The summed E-state index contributed by atoms with van der Waals surface area (Å²) >= 11 is 0. The topological polar surface area (TPSA) is 64.8 Å². The first kappa shape index (κ1) is 17.3. The summed E-state index contributed by atoms with van der Waals surface area (Å²) < 4.78 is 10.5. The molecule has 0 saturated heterocycles. The number of carbonyl (C=O) groups is 1. The molecule has 0 heterocycles. The first-order valence-electron chi connectivity index (χ1n) is 7.16.